The average Bonchev–Trinajstić information content (AvgIpc) is 2.96. The highest BCUT2D eigenvalue weighted by Gasteiger charge is 2.22. The SMILES string of the molecule is Sc1ccc2ccccc2c1C=Nc1ccccc1C1C=CC=CC1N=Cc1c(S)ccc2ccccc12. The molecular formula is C34H26N2S2. The molecule has 0 amide bonds. The summed E-state index contributed by atoms with van der Waals surface area (Å²) < 4.78 is 0. The summed E-state index contributed by atoms with van der Waals surface area (Å²) in [6.07, 6.45) is 12.4. The molecule has 0 heterocycles. The highest BCUT2D eigenvalue weighted by atomic mass is 32.1. The first-order chi connectivity index (χ1) is 18.7. The second kappa shape index (κ2) is 10.9. The Morgan fingerprint density at radius 1 is 0.579 bits per heavy atom. The fourth-order valence-electron chi connectivity index (χ4n) is 5.05. The lowest BCUT2D eigenvalue weighted by atomic mass is 9.87. The highest BCUT2D eigenvalue weighted by molar-refractivity contribution is 7.80. The predicted octanol–water partition coefficient (Wildman–Crippen LogP) is 9.02. The molecule has 1 aliphatic carbocycles. The number of allylic oxidation sites excluding steroid dienone is 2. The Labute approximate surface area is 234 Å². The van der Waals surface area contributed by atoms with Crippen LogP contribution in [0.1, 0.15) is 22.6 Å². The van der Waals surface area contributed by atoms with E-state index < -0.39 is 0 Å². The average molecular weight is 527 g/mol. The Morgan fingerprint density at radius 3 is 1.87 bits per heavy atom. The Bertz CT molecular complexity index is 1760. The van der Waals surface area contributed by atoms with E-state index in [1.165, 1.54) is 10.8 Å². The van der Waals surface area contributed by atoms with Crippen molar-refractivity contribution in [3.8, 4) is 0 Å². The fourth-order valence-corrected chi connectivity index (χ4v) is 5.55. The second-order valence-electron chi connectivity index (χ2n) is 9.32. The van der Waals surface area contributed by atoms with E-state index in [9.17, 15) is 0 Å². The summed E-state index contributed by atoms with van der Waals surface area (Å²) >= 11 is 9.45. The second-order valence-corrected chi connectivity index (χ2v) is 10.3. The van der Waals surface area contributed by atoms with Crippen molar-refractivity contribution in [2.45, 2.75) is 21.8 Å². The number of fused-ring (bicyclic) bond motifs is 2. The van der Waals surface area contributed by atoms with Gasteiger partial charge in [0.2, 0.25) is 0 Å². The van der Waals surface area contributed by atoms with Crippen LogP contribution in [-0.4, -0.2) is 18.5 Å². The maximum Gasteiger partial charge on any atom is 0.0787 e. The number of aliphatic imine (C=N–C) groups is 2. The monoisotopic (exact) mass is 526 g/mol. The largest absolute Gasteiger partial charge is 0.284 e. The third-order valence-electron chi connectivity index (χ3n) is 7.01. The Hall–Kier alpha value is -3.86. The van der Waals surface area contributed by atoms with Crippen LogP contribution >= 0.6 is 25.3 Å². The van der Waals surface area contributed by atoms with Crippen LogP contribution in [0.2, 0.25) is 0 Å². The van der Waals surface area contributed by atoms with E-state index in [4.69, 9.17) is 35.2 Å². The Morgan fingerprint density at radius 2 is 1.16 bits per heavy atom. The summed E-state index contributed by atoms with van der Waals surface area (Å²) in [6, 6.07) is 33.2. The number of para-hydroxylation sites is 1. The van der Waals surface area contributed by atoms with Gasteiger partial charge < -0.3 is 0 Å². The van der Waals surface area contributed by atoms with Gasteiger partial charge in [0.05, 0.1) is 11.7 Å². The highest BCUT2D eigenvalue weighted by Crippen LogP contribution is 2.35. The number of benzene rings is 5. The third kappa shape index (κ3) is 4.85. The molecular weight excluding hydrogens is 501 g/mol. The maximum atomic E-state index is 5.06. The lowest BCUT2D eigenvalue weighted by Crippen LogP contribution is -2.15. The minimum atomic E-state index is -0.0546. The van der Waals surface area contributed by atoms with Crippen molar-refractivity contribution < 1.29 is 0 Å². The predicted molar refractivity (Wildman–Crippen MR) is 168 cm³/mol. The molecule has 0 spiro atoms. The van der Waals surface area contributed by atoms with Crippen LogP contribution in [0.15, 0.2) is 141 Å². The standard InChI is InChI=1S/C34H26N2S2/c37-33-19-17-23-9-1-3-11-25(23)29(33)21-35-31-15-7-5-13-27(31)28-14-6-8-16-32(28)36-22-30-26-12-4-2-10-24(26)18-20-34(30)38/h1-22,27,31,37-38H. The summed E-state index contributed by atoms with van der Waals surface area (Å²) in [4.78, 5) is 11.9. The molecule has 0 fully saturated rings. The zero-order valence-electron chi connectivity index (χ0n) is 20.6. The lowest BCUT2D eigenvalue weighted by molar-refractivity contribution is 0.719. The van der Waals surface area contributed by atoms with E-state index in [1.54, 1.807) is 0 Å². The molecule has 1 aliphatic rings. The van der Waals surface area contributed by atoms with Gasteiger partial charge in [0, 0.05) is 39.3 Å². The van der Waals surface area contributed by atoms with Gasteiger partial charge in [-0.25, -0.2) is 0 Å². The number of rotatable bonds is 5. The normalized spacial score (nSPS) is 17.3. The van der Waals surface area contributed by atoms with E-state index in [2.05, 4.69) is 103 Å². The molecule has 184 valence electrons. The quantitative estimate of drug-likeness (QED) is 0.169. The van der Waals surface area contributed by atoms with Gasteiger partial charge in [-0.3, -0.25) is 9.98 Å². The molecule has 0 saturated carbocycles. The summed E-state index contributed by atoms with van der Waals surface area (Å²) in [5.41, 5.74) is 4.12. The van der Waals surface area contributed by atoms with E-state index in [-0.39, 0.29) is 12.0 Å². The third-order valence-corrected chi connectivity index (χ3v) is 7.79. The topological polar surface area (TPSA) is 24.7 Å². The number of thiol groups is 2. The van der Waals surface area contributed by atoms with Gasteiger partial charge >= 0.3 is 0 Å². The van der Waals surface area contributed by atoms with Crippen LogP contribution < -0.4 is 0 Å². The van der Waals surface area contributed by atoms with Gasteiger partial charge in [-0.1, -0.05) is 103 Å². The van der Waals surface area contributed by atoms with Crippen LogP contribution in [0.4, 0.5) is 5.69 Å². The molecule has 6 rings (SSSR count). The summed E-state index contributed by atoms with van der Waals surface area (Å²) in [5.74, 6) is 0.0610. The van der Waals surface area contributed by atoms with Crippen molar-refractivity contribution in [2.75, 3.05) is 0 Å². The van der Waals surface area contributed by atoms with Gasteiger partial charge in [0.25, 0.3) is 0 Å². The first-order valence-corrected chi connectivity index (χ1v) is 13.5. The number of hydrogen-bond acceptors (Lipinski definition) is 4. The van der Waals surface area contributed by atoms with Crippen molar-refractivity contribution in [3.63, 3.8) is 0 Å². The van der Waals surface area contributed by atoms with Crippen molar-refractivity contribution in [1.82, 2.24) is 0 Å². The van der Waals surface area contributed by atoms with Crippen LogP contribution in [-0.2, 0) is 0 Å². The van der Waals surface area contributed by atoms with Crippen LogP contribution in [0.25, 0.3) is 21.5 Å². The van der Waals surface area contributed by atoms with Gasteiger partial charge in [0.15, 0.2) is 0 Å². The molecule has 2 nitrogen and oxygen atoms in total. The van der Waals surface area contributed by atoms with Crippen molar-refractivity contribution in [1.29, 1.82) is 0 Å². The zero-order valence-corrected chi connectivity index (χ0v) is 22.4. The van der Waals surface area contributed by atoms with Crippen LogP contribution in [0.3, 0.4) is 0 Å². The minimum Gasteiger partial charge on any atom is -0.284 e. The van der Waals surface area contributed by atoms with Gasteiger partial charge in [-0.15, -0.1) is 25.3 Å². The molecule has 5 aromatic rings. The summed E-state index contributed by atoms with van der Waals surface area (Å²) in [5, 5.41) is 4.64. The van der Waals surface area contributed by atoms with E-state index in [0.29, 0.717) is 0 Å². The first kappa shape index (κ1) is 24.5. The molecule has 0 N–H and O–H groups in total. The van der Waals surface area contributed by atoms with E-state index in [0.717, 1.165) is 42.9 Å². The molecule has 0 radical (unpaired) electrons. The molecule has 38 heavy (non-hydrogen) atoms. The van der Waals surface area contributed by atoms with Crippen molar-refractivity contribution in [3.05, 3.63) is 138 Å². The fraction of sp³-hybridized carbons (Fsp3) is 0.0588. The molecule has 5 aromatic carbocycles. The summed E-state index contributed by atoms with van der Waals surface area (Å²) in [6.45, 7) is 0. The first-order valence-electron chi connectivity index (χ1n) is 12.6. The number of nitrogens with zero attached hydrogens (tertiary/aromatic N) is 2. The lowest BCUT2D eigenvalue weighted by Gasteiger charge is -2.23. The molecule has 0 aromatic heterocycles. The summed E-state index contributed by atoms with van der Waals surface area (Å²) in [7, 11) is 0. The van der Waals surface area contributed by atoms with Crippen LogP contribution in [0, 0.1) is 0 Å². The molecule has 0 saturated heterocycles. The molecule has 2 atom stereocenters. The molecule has 4 heteroatoms. The van der Waals surface area contributed by atoms with E-state index in [1.807, 2.05) is 30.6 Å². The van der Waals surface area contributed by atoms with Gasteiger partial charge in [-0.2, -0.15) is 0 Å². The molecule has 2 unspecified atom stereocenters. The van der Waals surface area contributed by atoms with Gasteiger partial charge in [0.1, 0.15) is 0 Å². The number of hydrogen-bond donors (Lipinski definition) is 2. The van der Waals surface area contributed by atoms with E-state index >= 15 is 0 Å². The maximum absolute atomic E-state index is 5.06. The molecule has 0 aliphatic heterocycles. The Balaban J connectivity index is 1.36. The Kier molecular flexibility index (Phi) is 7.00. The minimum absolute atomic E-state index is 0.0546. The van der Waals surface area contributed by atoms with Crippen molar-refractivity contribution in [2.24, 2.45) is 9.98 Å². The zero-order chi connectivity index (χ0) is 25.9. The molecule has 0 bridgehead atoms. The van der Waals surface area contributed by atoms with Crippen molar-refractivity contribution >= 4 is 64.9 Å². The smallest absolute Gasteiger partial charge is 0.0787 e. The van der Waals surface area contributed by atoms with Gasteiger partial charge in [-0.05, 0) is 45.3 Å². The van der Waals surface area contributed by atoms with Crippen LogP contribution in [0.5, 0.6) is 0 Å².